The van der Waals surface area contributed by atoms with Crippen LogP contribution in [0.2, 0.25) is 0 Å². The standard InChI is InChI=1S/C11H14F3N/c1-8-5-3-4-6-9(8)10(7-15-2)11(12,13)14/h3-6,10,15H,7H2,1-2H3. The van der Waals surface area contributed by atoms with Gasteiger partial charge in [0, 0.05) is 6.54 Å². The fourth-order valence-corrected chi connectivity index (χ4v) is 1.58. The number of hydrogen-bond acceptors (Lipinski definition) is 1. The van der Waals surface area contributed by atoms with Crippen LogP contribution in [0, 0.1) is 6.92 Å². The summed E-state index contributed by atoms with van der Waals surface area (Å²) in [5, 5.41) is 2.58. The Morgan fingerprint density at radius 2 is 1.87 bits per heavy atom. The van der Waals surface area contributed by atoms with Crippen LogP contribution >= 0.6 is 0 Å². The first-order valence-corrected chi connectivity index (χ1v) is 4.73. The van der Waals surface area contributed by atoms with E-state index in [9.17, 15) is 13.2 Å². The van der Waals surface area contributed by atoms with E-state index >= 15 is 0 Å². The zero-order chi connectivity index (χ0) is 11.5. The molecular formula is C11H14F3N. The van der Waals surface area contributed by atoms with E-state index in [1.165, 1.54) is 13.1 Å². The van der Waals surface area contributed by atoms with Crippen LogP contribution in [-0.2, 0) is 0 Å². The molecule has 15 heavy (non-hydrogen) atoms. The van der Waals surface area contributed by atoms with E-state index < -0.39 is 12.1 Å². The lowest BCUT2D eigenvalue weighted by Gasteiger charge is -2.21. The summed E-state index contributed by atoms with van der Waals surface area (Å²) >= 11 is 0. The van der Waals surface area contributed by atoms with Gasteiger partial charge in [0.25, 0.3) is 0 Å². The Morgan fingerprint density at radius 1 is 1.27 bits per heavy atom. The van der Waals surface area contributed by atoms with Crippen LogP contribution in [0.15, 0.2) is 24.3 Å². The maximum atomic E-state index is 12.7. The molecule has 1 nitrogen and oxygen atoms in total. The number of likely N-dealkylation sites (N-methyl/N-ethyl adjacent to an activating group) is 1. The Hall–Kier alpha value is -1.03. The quantitative estimate of drug-likeness (QED) is 0.820. The van der Waals surface area contributed by atoms with E-state index in [-0.39, 0.29) is 6.54 Å². The van der Waals surface area contributed by atoms with Gasteiger partial charge in [-0.15, -0.1) is 0 Å². The first-order chi connectivity index (χ1) is 6.96. The zero-order valence-corrected chi connectivity index (χ0v) is 8.73. The van der Waals surface area contributed by atoms with Crippen LogP contribution in [0.25, 0.3) is 0 Å². The molecule has 0 spiro atoms. The van der Waals surface area contributed by atoms with Gasteiger partial charge in [0.15, 0.2) is 0 Å². The van der Waals surface area contributed by atoms with E-state index in [0.717, 1.165) is 0 Å². The highest BCUT2D eigenvalue weighted by atomic mass is 19.4. The molecule has 1 aromatic carbocycles. The van der Waals surface area contributed by atoms with Gasteiger partial charge in [-0.05, 0) is 25.1 Å². The molecule has 0 radical (unpaired) electrons. The summed E-state index contributed by atoms with van der Waals surface area (Å²) in [6.07, 6.45) is -4.20. The number of aryl methyl sites for hydroxylation is 1. The number of halogens is 3. The molecule has 84 valence electrons. The van der Waals surface area contributed by atoms with E-state index in [0.29, 0.717) is 11.1 Å². The van der Waals surface area contributed by atoms with Crippen molar-refractivity contribution in [2.45, 2.75) is 19.0 Å². The molecule has 4 heteroatoms. The molecule has 0 aliphatic heterocycles. The average Bonchev–Trinajstić information content (AvgIpc) is 2.14. The normalized spacial score (nSPS) is 13.9. The molecule has 0 heterocycles. The number of alkyl halides is 3. The molecular weight excluding hydrogens is 203 g/mol. The van der Waals surface area contributed by atoms with Crippen molar-refractivity contribution in [1.82, 2.24) is 5.32 Å². The molecule has 0 fully saturated rings. The molecule has 0 bridgehead atoms. The maximum absolute atomic E-state index is 12.7. The van der Waals surface area contributed by atoms with Crippen LogP contribution in [-0.4, -0.2) is 19.8 Å². The van der Waals surface area contributed by atoms with Crippen molar-refractivity contribution in [3.63, 3.8) is 0 Å². The number of hydrogen-bond donors (Lipinski definition) is 1. The van der Waals surface area contributed by atoms with Crippen molar-refractivity contribution >= 4 is 0 Å². The third kappa shape index (κ3) is 2.96. The molecule has 0 amide bonds. The van der Waals surface area contributed by atoms with Gasteiger partial charge in [-0.25, -0.2) is 0 Å². The lowest BCUT2D eigenvalue weighted by molar-refractivity contribution is -0.149. The first kappa shape index (κ1) is 12.0. The lowest BCUT2D eigenvalue weighted by atomic mass is 9.94. The largest absolute Gasteiger partial charge is 0.396 e. The summed E-state index contributed by atoms with van der Waals surface area (Å²) in [6.45, 7) is 1.61. The van der Waals surface area contributed by atoms with Gasteiger partial charge in [0.1, 0.15) is 0 Å². The lowest BCUT2D eigenvalue weighted by Crippen LogP contribution is -2.30. The minimum Gasteiger partial charge on any atom is -0.319 e. The third-order valence-electron chi connectivity index (χ3n) is 2.37. The van der Waals surface area contributed by atoms with Gasteiger partial charge < -0.3 is 5.32 Å². The van der Waals surface area contributed by atoms with Gasteiger partial charge >= 0.3 is 6.18 Å². The minimum absolute atomic E-state index is 0.0889. The van der Waals surface area contributed by atoms with Gasteiger partial charge in [-0.2, -0.15) is 13.2 Å². The highest BCUT2D eigenvalue weighted by Gasteiger charge is 2.40. The minimum atomic E-state index is -4.20. The molecule has 1 aromatic rings. The van der Waals surface area contributed by atoms with Gasteiger partial charge in [0.05, 0.1) is 5.92 Å². The van der Waals surface area contributed by atoms with Crippen molar-refractivity contribution in [1.29, 1.82) is 0 Å². The van der Waals surface area contributed by atoms with E-state index in [2.05, 4.69) is 5.32 Å². The molecule has 0 saturated carbocycles. The molecule has 0 aromatic heterocycles. The molecule has 1 N–H and O–H groups in total. The maximum Gasteiger partial charge on any atom is 0.396 e. The molecule has 1 unspecified atom stereocenters. The van der Waals surface area contributed by atoms with Crippen LogP contribution in [0.3, 0.4) is 0 Å². The van der Waals surface area contributed by atoms with Crippen molar-refractivity contribution < 1.29 is 13.2 Å². The van der Waals surface area contributed by atoms with Crippen molar-refractivity contribution in [2.24, 2.45) is 0 Å². The third-order valence-corrected chi connectivity index (χ3v) is 2.37. The summed E-state index contributed by atoms with van der Waals surface area (Å²) in [7, 11) is 1.52. The summed E-state index contributed by atoms with van der Waals surface area (Å²) < 4.78 is 38.2. The van der Waals surface area contributed by atoms with Gasteiger partial charge in [-0.1, -0.05) is 24.3 Å². The molecule has 0 aliphatic carbocycles. The van der Waals surface area contributed by atoms with Gasteiger partial charge in [0.2, 0.25) is 0 Å². The fraction of sp³-hybridized carbons (Fsp3) is 0.455. The zero-order valence-electron chi connectivity index (χ0n) is 8.73. The molecule has 0 saturated heterocycles. The second-order valence-corrected chi connectivity index (χ2v) is 3.51. The van der Waals surface area contributed by atoms with Crippen molar-refractivity contribution in [3.05, 3.63) is 35.4 Å². The van der Waals surface area contributed by atoms with E-state index in [1.54, 1.807) is 25.1 Å². The second-order valence-electron chi connectivity index (χ2n) is 3.51. The number of benzene rings is 1. The molecule has 0 aliphatic rings. The topological polar surface area (TPSA) is 12.0 Å². The average molecular weight is 217 g/mol. The van der Waals surface area contributed by atoms with Gasteiger partial charge in [-0.3, -0.25) is 0 Å². The summed E-state index contributed by atoms with van der Waals surface area (Å²) in [6, 6.07) is 6.61. The predicted octanol–water partition coefficient (Wildman–Crippen LogP) is 2.86. The van der Waals surface area contributed by atoms with E-state index in [4.69, 9.17) is 0 Å². The van der Waals surface area contributed by atoms with Crippen LogP contribution in [0.1, 0.15) is 17.0 Å². The van der Waals surface area contributed by atoms with Crippen LogP contribution in [0.5, 0.6) is 0 Å². The fourth-order valence-electron chi connectivity index (χ4n) is 1.58. The summed E-state index contributed by atoms with van der Waals surface area (Å²) in [5.41, 5.74) is 1.02. The molecule has 1 atom stereocenters. The smallest absolute Gasteiger partial charge is 0.319 e. The van der Waals surface area contributed by atoms with E-state index in [1.807, 2.05) is 0 Å². The Kier molecular flexibility index (Phi) is 3.74. The number of nitrogens with one attached hydrogen (secondary N) is 1. The molecule has 1 rings (SSSR count). The van der Waals surface area contributed by atoms with Crippen molar-refractivity contribution in [3.8, 4) is 0 Å². The predicted molar refractivity (Wildman–Crippen MR) is 53.9 cm³/mol. The second kappa shape index (κ2) is 4.66. The highest BCUT2D eigenvalue weighted by Crippen LogP contribution is 2.35. The van der Waals surface area contributed by atoms with Crippen LogP contribution in [0.4, 0.5) is 13.2 Å². The Labute approximate surface area is 87.3 Å². The monoisotopic (exact) mass is 217 g/mol. The Morgan fingerprint density at radius 3 is 2.33 bits per heavy atom. The van der Waals surface area contributed by atoms with Crippen molar-refractivity contribution in [2.75, 3.05) is 13.6 Å². The Bertz CT molecular complexity index is 320. The SMILES string of the molecule is CNCC(c1ccccc1C)C(F)(F)F. The summed E-state index contributed by atoms with van der Waals surface area (Å²) in [4.78, 5) is 0. The number of rotatable bonds is 3. The highest BCUT2D eigenvalue weighted by molar-refractivity contribution is 5.30. The summed E-state index contributed by atoms with van der Waals surface area (Å²) in [5.74, 6) is -1.43. The van der Waals surface area contributed by atoms with Crippen LogP contribution < -0.4 is 5.32 Å². The Balaban J connectivity index is 3.05. The first-order valence-electron chi connectivity index (χ1n) is 4.73.